The highest BCUT2D eigenvalue weighted by atomic mass is 16.3. The molecule has 2 aromatic rings. The van der Waals surface area contributed by atoms with Gasteiger partial charge in [-0.15, -0.1) is 0 Å². The maximum absolute atomic E-state index is 12.5. The van der Waals surface area contributed by atoms with Crippen LogP contribution in [0.2, 0.25) is 0 Å². The summed E-state index contributed by atoms with van der Waals surface area (Å²) in [5.41, 5.74) is 0.525. The van der Waals surface area contributed by atoms with Crippen LogP contribution in [0.4, 0.5) is 5.69 Å². The van der Waals surface area contributed by atoms with Gasteiger partial charge in [0.15, 0.2) is 0 Å². The van der Waals surface area contributed by atoms with E-state index in [9.17, 15) is 14.7 Å². The molecule has 29 heavy (non-hydrogen) atoms. The topological polar surface area (TPSA) is 78.4 Å². The van der Waals surface area contributed by atoms with Crippen LogP contribution in [0, 0.1) is 0 Å². The Kier molecular flexibility index (Phi) is 7.91. The molecule has 5 nitrogen and oxygen atoms in total. The van der Waals surface area contributed by atoms with E-state index in [1.54, 1.807) is 30.3 Å². The van der Waals surface area contributed by atoms with Crippen molar-refractivity contribution in [1.82, 2.24) is 5.32 Å². The number of carbonyl (C=O) groups is 2. The fourth-order valence-electron chi connectivity index (χ4n) is 4.14. The van der Waals surface area contributed by atoms with Gasteiger partial charge >= 0.3 is 11.8 Å². The number of carbonyl (C=O) groups excluding carboxylic acids is 2. The Labute approximate surface area is 172 Å². The van der Waals surface area contributed by atoms with Crippen LogP contribution in [0.25, 0.3) is 10.8 Å². The van der Waals surface area contributed by atoms with E-state index in [2.05, 4.69) is 10.6 Å². The monoisotopic (exact) mass is 396 g/mol. The Morgan fingerprint density at radius 2 is 1.28 bits per heavy atom. The molecular formula is C24H32N2O3. The second-order valence-electron chi connectivity index (χ2n) is 8.06. The van der Waals surface area contributed by atoms with E-state index in [1.165, 1.54) is 44.9 Å². The number of aromatic hydroxyl groups is 1. The summed E-state index contributed by atoms with van der Waals surface area (Å²) in [7, 11) is 0. The Bertz CT molecular complexity index is 822. The lowest BCUT2D eigenvalue weighted by Crippen LogP contribution is -2.42. The highest BCUT2D eigenvalue weighted by Gasteiger charge is 2.19. The summed E-state index contributed by atoms with van der Waals surface area (Å²) in [6, 6.07) is 10.5. The number of nitrogens with one attached hydrogen (secondary N) is 2. The summed E-state index contributed by atoms with van der Waals surface area (Å²) in [6.07, 6.45) is 12.9. The van der Waals surface area contributed by atoms with Crippen LogP contribution in [-0.4, -0.2) is 23.0 Å². The molecule has 0 saturated heterocycles. The number of rotatable bonds is 2. The van der Waals surface area contributed by atoms with Gasteiger partial charge in [-0.1, -0.05) is 82.1 Å². The van der Waals surface area contributed by atoms with Crippen LogP contribution in [0.3, 0.4) is 0 Å². The number of amides is 2. The highest BCUT2D eigenvalue weighted by Crippen LogP contribution is 2.29. The predicted octanol–water partition coefficient (Wildman–Crippen LogP) is 5.27. The number of benzene rings is 2. The first-order valence-corrected chi connectivity index (χ1v) is 11.0. The smallest absolute Gasteiger partial charge is 0.313 e. The SMILES string of the molecule is O=C(Nc1cccc2c(O)cccc12)C(=O)NC1CCCCCCCCCCC1. The van der Waals surface area contributed by atoms with Gasteiger partial charge in [0.2, 0.25) is 0 Å². The summed E-state index contributed by atoms with van der Waals surface area (Å²) >= 11 is 0. The molecule has 3 N–H and O–H groups in total. The molecule has 0 unspecified atom stereocenters. The third-order valence-electron chi connectivity index (χ3n) is 5.79. The van der Waals surface area contributed by atoms with E-state index < -0.39 is 11.8 Å². The lowest BCUT2D eigenvalue weighted by molar-refractivity contribution is -0.136. The molecule has 2 aromatic carbocycles. The lowest BCUT2D eigenvalue weighted by atomic mass is 9.98. The van der Waals surface area contributed by atoms with Crippen molar-refractivity contribution < 1.29 is 14.7 Å². The molecule has 1 aliphatic carbocycles. The van der Waals surface area contributed by atoms with Crippen LogP contribution in [-0.2, 0) is 9.59 Å². The van der Waals surface area contributed by atoms with Gasteiger partial charge in [-0.05, 0) is 25.0 Å². The van der Waals surface area contributed by atoms with Crippen molar-refractivity contribution in [3.63, 3.8) is 0 Å². The van der Waals surface area contributed by atoms with Crippen molar-refractivity contribution in [3.8, 4) is 5.75 Å². The molecule has 0 atom stereocenters. The molecule has 1 saturated carbocycles. The van der Waals surface area contributed by atoms with Crippen molar-refractivity contribution in [2.75, 3.05) is 5.32 Å². The van der Waals surface area contributed by atoms with Crippen LogP contribution >= 0.6 is 0 Å². The zero-order valence-corrected chi connectivity index (χ0v) is 17.1. The fourth-order valence-corrected chi connectivity index (χ4v) is 4.14. The molecule has 1 fully saturated rings. The minimum atomic E-state index is -0.660. The van der Waals surface area contributed by atoms with Gasteiger partial charge in [-0.3, -0.25) is 9.59 Å². The first-order valence-electron chi connectivity index (χ1n) is 11.0. The normalized spacial score (nSPS) is 17.1. The molecule has 0 spiro atoms. The molecular weight excluding hydrogens is 364 g/mol. The van der Waals surface area contributed by atoms with Gasteiger partial charge in [-0.25, -0.2) is 0 Å². The number of fused-ring (bicyclic) bond motifs is 1. The second kappa shape index (κ2) is 10.8. The average molecular weight is 397 g/mol. The lowest BCUT2D eigenvalue weighted by Gasteiger charge is -2.19. The van der Waals surface area contributed by atoms with Gasteiger partial charge in [0.1, 0.15) is 5.75 Å². The fraction of sp³-hybridized carbons (Fsp3) is 0.500. The maximum atomic E-state index is 12.5. The van der Waals surface area contributed by atoms with E-state index in [0.717, 1.165) is 25.7 Å². The van der Waals surface area contributed by atoms with E-state index in [-0.39, 0.29) is 11.8 Å². The van der Waals surface area contributed by atoms with Crippen LogP contribution in [0.15, 0.2) is 36.4 Å². The first kappa shape index (κ1) is 21.2. The van der Waals surface area contributed by atoms with E-state index in [1.807, 2.05) is 6.07 Å². The van der Waals surface area contributed by atoms with Crippen LogP contribution in [0.5, 0.6) is 5.75 Å². The second-order valence-corrected chi connectivity index (χ2v) is 8.06. The number of phenols is 1. The van der Waals surface area contributed by atoms with Gasteiger partial charge in [0, 0.05) is 22.5 Å². The van der Waals surface area contributed by atoms with Crippen molar-refractivity contribution >= 4 is 28.3 Å². The molecule has 5 heteroatoms. The van der Waals surface area contributed by atoms with Crippen molar-refractivity contribution in [1.29, 1.82) is 0 Å². The largest absolute Gasteiger partial charge is 0.507 e. The summed E-state index contributed by atoms with van der Waals surface area (Å²) in [6.45, 7) is 0. The quantitative estimate of drug-likeness (QED) is 0.605. The molecule has 3 rings (SSSR count). The third-order valence-corrected chi connectivity index (χ3v) is 5.79. The van der Waals surface area contributed by atoms with Crippen LogP contribution in [0.1, 0.15) is 70.6 Å². The predicted molar refractivity (Wildman–Crippen MR) is 117 cm³/mol. The van der Waals surface area contributed by atoms with Gasteiger partial charge in [-0.2, -0.15) is 0 Å². The number of phenolic OH excluding ortho intramolecular Hbond substituents is 1. The van der Waals surface area contributed by atoms with E-state index >= 15 is 0 Å². The summed E-state index contributed by atoms with van der Waals surface area (Å²) in [5, 5.41) is 17.0. The molecule has 0 aliphatic heterocycles. The third kappa shape index (κ3) is 6.21. The standard InChI is InChI=1S/C24H32N2O3/c27-22-17-11-14-19-20(22)15-10-16-21(19)26-24(29)23(28)25-18-12-8-6-4-2-1-3-5-7-9-13-18/h10-11,14-18,27H,1-9,12-13H2,(H,25,28)(H,26,29). The summed E-state index contributed by atoms with van der Waals surface area (Å²) in [4.78, 5) is 25.0. The average Bonchev–Trinajstić information content (AvgIpc) is 2.70. The van der Waals surface area contributed by atoms with Gasteiger partial charge in [0.25, 0.3) is 0 Å². The number of hydrogen-bond acceptors (Lipinski definition) is 3. The summed E-state index contributed by atoms with van der Waals surface area (Å²) < 4.78 is 0. The van der Waals surface area contributed by atoms with Crippen molar-refractivity contribution in [2.24, 2.45) is 0 Å². The molecule has 0 heterocycles. The van der Waals surface area contributed by atoms with Gasteiger partial charge < -0.3 is 15.7 Å². The zero-order valence-electron chi connectivity index (χ0n) is 17.1. The Hall–Kier alpha value is -2.56. The first-order chi connectivity index (χ1) is 14.1. The van der Waals surface area contributed by atoms with Crippen LogP contribution < -0.4 is 10.6 Å². The van der Waals surface area contributed by atoms with Crippen molar-refractivity contribution in [3.05, 3.63) is 36.4 Å². The number of hydrogen-bond donors (Lipinski definition) is 3. The van der Waals surface area contributed by atoms with Crippen molar-refractivity contribution in [2.45, 2.75) is 76.7 Å². The molecule has 156 valence electrons. The Morgan fingerprint density at radius 1 is 0.724 bits per heavy atom. The maximum Gasteiger partial charge on any atom is 0.313 e. The minimum Gasteiger partial charge on any atom is -0.507 e. The molecule has 0 radical (unpaired) electrons. The van der Waals surface area contributed by atoms with Gasteiger partial charge in [0.05, 0.1) is 0 Å². The Balaban J connectivity index is 1.60. The minimum absolute atomic E-state index is 0.0595. The summed E-state index contributed by atoms with van der Waals surface area (Å²) in [5.74, 6) is -1.09. The van der Waals surface area contributed by atoms with E-state index in [4.69, 9.17) is 0 Å². The molecule has 0 bridgehead atoms. The molecule has 1 aliphatic rings. The Morgan fingerprint density at radius 3 is 1.93 bits per heavy atom. The number of anilines is 1. The zero-order chi connectivity index (χ0) is 20.5. The molecule has 0 aromatic heterocycles. The molecule has 2 amide bonds. The van der Waals surface area contributed by atoms with E-state index in [0.29, 0.717) is 16.5 Å². The highest BCUT2D eigenvalue weighted by molar-refractivity contribution is 6.40.